The van der Waals surface area contributed by atoms with Gasteiger partial charge in [0.2, 0.25) is 0 Å². The highest BCUT2D eigenvalue weighted by Crippen LogP contribution is 2.37. The molecule has 0 fully saturated rings. The molecule has 0 aliphatic heterocycles. The van der Waals surface area contributed by atoms with Crippen molar-refractivity contribution < 1.29 is 19.3 Å². The van der Waals surface area contributed by atoms with Gasteiger partial charge in [-0.25, -0.2) is 0 Å². The van der Waals surface area contributed by atoms with Crippen molar-refractivity contribution in [3.63, 3.8) is 0 Å². The molecule has 0 saturated heterocycles. The number of para-hydroxylation sites is 2. The van der Waals surface area contributed by atoms with Gasteiger partial charge < -0.3 is 19.3 Å². The first-order valence-corrected chi connectivity index (χ1v) is 10.9. The number of aliphatic hydroxyl groups excluding tert-OH is 1. The van der Waals surface area contributed by atoms with E-state index in [1.165, 1.54) is 0 Å². The van der Waals surface area contributed by atoms with Crippen molar-refractivity contribution in [1.82, 2.24) is 0 Å². The summed E-state index contributed by atoms with van der Waals surface area (Å²) in [4.78, 5) is 0. The van der Waals surface area contributed by atoms with E-state index in [1.807, 2.05) is 97.1 Å². The SMILES string of the molecule is OC(COc1ccccc1)COc1c2ccccc2cc2ccc(Oc3ccccc3)cc12. The zero-order chi connectivity index (χ0) is 22.5. The normalized spacial score (nSPS) is 11.9. The molecule has 0 bridgehead atoms. The molecule has 0 heterocycles. The van der Waals surface area contributed by atoms with Gasteiger partial charge in [0.25, 0.3) is 0 Å². The molecule has 5 aromatic rings. The van der Waals surface area contributed by atoms with E-state index in [2.05, 4.69) is 12.1 Å². The molecule has 0 aliphatic carbocycles. The summed E-state index contributed by atoms with van der Waals surface area (Å²) in [6, 6.07) is 35.3. The number of benzene rings is 5. The summed E-state index contributed by atoms with van der Waals surface area (Å²) < 4.78 is 17.9. The van der Waals surface area contributed by atoms with Gasteiger partial charge in [-0.3, -0.25) is 0 Å². The van der Waals surface area contributed by atoms with E-state index in [9.17, 15) is 5.11 Å². The van der Waals surface area contributed by atoms with Crippen LogP contribution in [0.15, 0.2) is 109 Å². The molecular formula is C29H24O4. The number of hydrogen-bond donors (Lipinski definition) is 1. The highest BCUT2D eigenvalue weighted by Gasteiger charge is 2.13. The molecule has 0 amide bonds. The highest BCUT2D eigenvalue weighted by atomic mass is 16.5. The Bertz CT molecular complexity index is 1350. The second kappa shape index (κ2) is 9.63. The van der Waals surface area contributed by atoms with Crippen molar-refractivity contribution in [3.8, 4) is 23.0 Å². The fourth-order valence-electron chi connectivity index (χ4n) is 3.78. The maximum absolute atomic E-state index is 10.5. The van der Waals surface area contributed by atoms with E-state index in [0.29, 0.717) is 0 Å². The Kier molecular flexibility index (Phi) is 6.09. The highest BCUT2D eigenvalue weighted by molar-refractivity contribution is 6.05. The van der Waals surface area contributed by atoms with E-state index in [0.717, 1.165) is 44.5 Å². The van der Waals surface area contributed by atoms with E-state index in [4.69, 9.17) is 14.2 Å². The molecule has 1 atom stereocenters. The Morgan fingerprint density at radius 2 is 1.18 bits per heavy atom. The molecule has 4 heteroatoms. The van der Waals surface area contributed by atoms with Crippen LogP contribution in [-0.4, -0.2) is 24.4 Å². The maximum atomic E-state index is 10.5. The van der Waals surface area contributed by atoms with Gasteiger partial charge in [0.15, 0.2) is 0 Å². The third-order valence-electron chi connectivity index (χ3n) is 5.37. The zero-order valence-electron chi connectivity index (χ0n) is 18.1. The molecule has 1 N–H and O–H groups in total. The summed E-state index contributed by atoms with van der Waals surface area (Å²) in [5.41, 5.74) is 0. The molecular weight excluding hydrogens is 412 g/mol. The first-order chi connectivity index (χ1) is 16.3. The van der Waals surface area contributed by atoms with E-state index in [1.54, 1.807) is 0 Å². The van der Waals surface area contributed by atoms with Gasteiger partial charge in [-0.2, -0.15) is 0 Å². The summed E-state index contributed by atoms with van der Waals surface area (Å²) in [6.07, 6.45) is -0.775. The van der Waals surface area contributed by atoms with Crippen LogP contribution in [0.25, 0.3) is 21.5 Å². The average molecular weight is 437 g/mol. The molecule has 0 aromatic heterocycles. The van der Waals surface area contributed by atoms with Crippen molar-refractivity contribution in [2.45, 2.75) is 6.10 Å². The Labute approximate surface area is 192 Å². The monoisotopic (exact) mass is 436 g/mol. The standard InChI is InChI=1S/C29H24O4/c30-23(19-31-24-10-3-1-4-11-24)20-32-29-27-14-8-7-9-21(27)17-22-15-16-26(18-28(22)29)33-25-12-5-2-6-13-25/h1-18,23,30H,19-20H2. The van der Waals surface area contributed by atoms with Crippen molar-refractivity contribution in [2.75, 3.05) is 13.2 Å². The summed E-state index contributed by atoms with van der Waals surface area (Å²) in [7, 11) is 0. The Morgan fingerprint density at radius 1 is 0.545 bits per heavy atom. The number of fused-ring (bicyclic) bond motifs is 2. The van der Waals surface area contributed by atoms with E-state index >= 15 is 0 Å². The Morgan fingerprint density at radius 3 is 1.97 bits per heavy atom. The van der Waals surface area contributed by atoms with Crippen LogP contribution in [-0.2, 0) is 0 Å². The van der Waals surface area contributed by atoms with Gasteiger partial charge in [-0.05, 0) is 53.2 Å². The van der Waals surface area contributed by atoms with Crippen LogP contribution >= 0.6 is 0 Å². The van der Waals surface area contributed by atoms with E-state index < -0.39 is 6.10 Å². The molecule has 1 unspecified atom stereocenters. The van der Waals surface area contributed by atoms with Gasteiger partial charge in [0, 0.05) is 10.8 Å². The smallest absolute Gasteiger partial charge is 0.135 e. The molecule has 0 aliphatic rings. The molecule has 0 spiro atoms. The maximum Gasteiger partial charge on any atom is 0.135 e. The Hall–Kier alpha value is -4.02. The van der Waals surface area contributed by atoms with Crippen LogP contribution in [0, 0.1) is 0 Å². The minimum absolute atomic E-state index is 0.111. The molecule has 4 nitrogen and oxygen atoms in total. The molecule has 0 radical (unpaired) electrons. The lowest BCUT2D eigenvalue weighted by molar-refractivity contribution is 0.0637. The average Bonchev–Trinajstić information content (AvgIpc) is 2.86. The third-order valence-corrected chi connectivity index (χ3v) is 5.37. The lowest BCUT2D eigenvalue weighted by Crippen LogP contribution is -2.25. The topological polar surface area (TPSA) is 47.9 Å². The van der Waals surface area contributed by atoms with Crippen LogP contribution < -0.4 is 14.2 Å². The fourth-order valence-corrected chi connectivity index (χ4v) is 3.78. The van der Waals surface area contributed by atoms with Crippen LogP contribution in [0.3, 0.4) is 0 Å². The largest absolute Gasteiger partial charge is 0.491 e. The molecule has 33 heavy (non-hydrogen) atoms. The van der Waals surface area contributed by atoms with Gasteiger partial charge in [-0.15, -0.1) is 0 Å². The van der Waals surface area contributed by atoms with Crippen molar-refractivity contribution >= 4 is 21.5 Å². The predicted octanol–water partition coefficient (Wildman–Crippen LogP) is 6.60. The second-order valence-corrected chi connectivity index (χ2v) is 7.81. The molecule has 5 aromatic carbocycles. The number of rotatable bonds is 8. The van der Waals surface area contributed by atoms with E-state index in [-0.39, 0.29) is 13.2 Å². The van der Waals surface area contributed by atoms with Gasteiger partial charge >= 0.3 is 0 Å². The lowest BCUT2D eigenvalue weighted by Gasteiger charge is -2.17. The zero-order valence-corrected chi connectivity index (χ0v) is 18.1. The quantitative estimate of drug-likeness (QED) is 0.278. The number of aliphatic hydroxyl groups is 1. The number of ether oxygens (including phenoxy) is 3. The summed E-state index contributed by atoms with van der Waals surface area (Å²) in [5, 5.41) is 14.5. The van der Waals surface area contributed by atoms with Gasteiger partial charge in [0.05, 0.1) is 0 Å². The molecule has 5 rings (SSSR count). The summed E-state index contributed by atoms with van der Waals surface area (Å²) in [6.45, 7) is 0.259. The summed E-state index contributed by atoms with van der Waals surface area (Å²) in [5.74, 6) is 2.94. The van der Waals surface area contributed by atoms with Crippen LogP contribution in [0.5, 0.6) is 23.0 Å². The number of hydrogen-bond acceptors (Lipinski definition) is 4. The van der Waals surface area contributed by atoms with Gasteiger partial charge in [0.1, 0.15) is 42.3 Å². The fraction of sp³-hybridized carbons (Fsp3) is 0.103. The molecule has 0 saturated carbocycles. The lowest BCUT2D eigenvalue weighted by atomic mass is 10.0. The second-order valence-electron chi connectivity index (χ2n) is 7.81. The van der Waals surface area contributed by atoms with Crippen molar-refractivity contribution in [1.29, 1.82) is 0 Å². The van der Waals surface area contributed by atoms with Crippen LogP contribution in [0.2, 0.25) is 0 Å². The Balaban J connectivity index is 1.42. The first kappa shape index (κ1) is 20.9. The first-order valence-electron chi connectivity index (χ1n) is 10.9. The van der Waals surface area contributed by atoms with Gasteiger partial charge in [-0.1, -0.05) is 66.7 Å². The van der Waals surface area contributed by atoms with Crippen LogP contribution in [0.4, 0.5) is 0 Å². The summed E-state index contributed by atoms with van der Waals surface area (Å²) >= 11 is 0. The van der Waals surface area contributed by atoms with Crippen molar-refractivity contribution in [3.05, 3.63) is 109 Å². The van der Waals surface area contributed by atoms with Crippen LogP contribution in [0.1, 0.15) is 0 Å². The van der Waals surface area contributed by atoms with Crippen molar-refractivity contribution in [2.24, 2.45) is 0 Å². The minimum atomic E-state index is -0.775. The third kappa shape index (κ3) is 4.92. The predicted molar refractivity (Wildman–Crippen MR) is 131 cm³/mol. The minimum Gasteiger partial charge on any atom is -0.491 e. The molecule has 164 valence electrons.